The SMILES string of the molecule is CNC1(c2ccccc2F)CCN(C)CC1. The van der Waals surface area contributed by atoms with Gasteiger partial charge in [0.1, 0.15) is 5.82 Å². The van der Waals surface area contributed by atoms with Crippen molar-refractivity contribution in [2.75, 3.05) is 27.2 Å². The summed E-state index contributed by atoms with van der Waals surface area (Å²) < 4.78 is 13.8. The first kappa shape index (κ1) is 11.6. The Morgan fingerprint density at radius 1 is 1.25 bits per heavy atom. The fraction of sp³-hybridized carbons (Fsp3) is 0.538. The van der Waals surface area contributed by atoms with E-state index >= 15 is 0 Å². The lowest BCUT2D eigenvalue weighted by Crippen LogP contribution is -2.49. The van der Waals surface area contributed by atoms with Crippen LogP contribution in [0, 0.1) is 5.82 Å². The molecule has 0 unspecified atom stereocenters. The zero-order valence-electron chi connectivity index (χ0n) is 9.96. The van der Waals surface area contributed by atoms with Crippen LogP contribution in [0.3, 0.4) is 0 Å². The second kappa shape index (κ2) is 4.52. The quantitative estimate of drug-likeness (QED) is 0.823. The highest BCUT2D eigenvalue weighted by Gasteiger charge is 2.35. The molecule has 2 nitrogen and oxygen atoms in total. The molecule has 0 atom stereocenters. The molecule has 0 bridgehead atoms. The lowest BCUT2D eigenvalue weighted by atomic mass is 9.81. The van der Waals surface area contributed by atoms with E-state index in [1.54, 1.807) is 12.1 Å². The van der Waals surface area contributed by atoms with Gasteiger partial charge in [0.15, 0.2) is 0 Å². The third kappa shape index (κ3) is 1.97. The third-order valence-corrected chi connectivity index (χ3v) is 3.71. The van der Waals surface area contributed by atoms with E-state index in [-0.39, 0.29) is 11.4 Å². The van der Waals surface area contributed by atoms with Crippen LogP contribution >= 0.6 is 0 Å². The summed E-state index contributed by atoms with van der Waals surface area (Å²) in [7, 11) is 4.04. The lowest BCUT2D eigenvalue weighted by Gasteiger charge is -2.41. The first-order chi connectivity index (χ1) is 7.68. The van der Waals surface area contributed by atoms with E-state index in [1.165, 1.54) is 0 Å². The van der Waals surface area contributed by atoms with Crippen LogP contribution in [0.5, 0.6) is 0 Å². The molecule has 16 heavy (non-hydrogen) atoms. The molecular formula is C13H19FN2. The predicted molar refractivity (Wildman–Crippen MR) is 63.9 cm³/mol. The highest BCUT2D eigenvalue weighted by Crippen LogP contribution is 2.33. The average Bonchev–Trinajstić information content (AvgIpc) is 2.32. The van der Waals surface area contributed by atoms with Crippen LogP contribution in [-0.4, -0.2) is 32.1 Å². The molecule has 2 rings (SSSR count). The van der Waals surface area contributed by atoms with Gasteiger partial charge in [-0.15, -0.1) is 0 Å². The van der Waals surface area contributed by atoms with Gasteiger partial charge in [-0.25, -0.2) is 4.39 Å². The Balaban J connectivity index is 2.32. The minimum absolute atomic E-state index is 0.0959. The van der Waals surface area contributed by atoms with Gasteiger partial charge in [-0.2, -0.15) is 0 Å². The molecule has 1 aromatic rings. The van der Waals surface area contributed by atoms with E-state index in [0.717, 1.165) is 31.5 Å². The Hall–Kier alpha value is -0.930. The Kier molecular flexibility index (Phi) is 3.26. The van der Waals surface area contributed by atoms with Gasteiger partial charge in [-0.3, -0.25) is 0 Å². The molecule has 1 aliphatic heterocycles. The van der Waals surface area contributed by atoms with Crippen LogP contribution in [0.4, 0.5) is 4.39 Å². The molecule has 1 fully saturated rings. The Bertz CT molecular complexity index is 357. The molecule has 0 radical (unpaired) electrons. The van der Waals surface area contributed by atoms with Gasteiger partial charge in [-0.05, 0) is 46.1 Å². The zero-order valence-corrected chi connectivity index (χ0v) is 9.96. The molecule has 0 spiro atoms. The molecule has 0 saturated carbocycles. The number of rotatable bonds is 2. The number of hydrogen-bond donors (Lipinski definition) is 1. The molecule has 1 aromatic carbocycles. The predicted octanol–water partition coefficient (Wildman–Crippen LogP) is 1.97. The maximum absolute atomic E-state index is 13.8. The summed E-state index contributed by atoms with van der Waals surface area (Å²) in [5.41, 5.74) is 0.628. The molecular weight excluding hydrogens is 203 g/mol. The summed E-state index contributed by atoms with van der Waals surface area (Å²) >= 11 is 0. The summed E-state index contributed by atoms with van der Waals surface area (Å²) in [4.78, 5) is 2.29. The number of likely N-dealkylation sites (tertiary alicyclic amines) is 1. The van der Waals surface area contributed by atoms with Crippen molar-refractivity contribution in [3.05, 3.63) is 35.6 Å². The Morgan fingerprint density at radius 3 is 2.44 bits per heavy atom. The normalized spacial score (nSPS) is 20.9. The molecule has 1 N–H and O–H groups in total. The van der Waals surface area contributed by atoms with Crippen LogP contribution < -0.4 is 5.32 Å². The molecule has 1 saturated heterocycles. The monoisotopic (exact) mass is 222 g/mol. The first-order valence-corrected chi connectivity index (χ1v) is 5.80. The van der Waals surface area contributed by atoms with Crippen molar-refractivity contribution in [2.45, 2.75) is 18.4 Å². The minimum atomic E-state index is -0.183. The summed E-state index contributed by atoms with van der Waals surface area (Å²) in [5, 5.41) is 3.33. The van der Waals surface area contributed by atoms with Crippen LogP contribution in [0.25, 0.3) is 0 Å². The largest absolute Gasteiger partial charge is 0.310 e. The highest BCUT2D eigenvalue weighted by atomic mass is 19.1. The summed E-state index contributed by atoms with van der Waals surface area (Å²) in [5.74, 6) is -0.0959. The van der Waals surface area contributed by atoms with Crippen molar-refractivity contribution in [3.63, 3.8) is 0 Å². The van der Waals surface area contributed by atoms with Gasteiger partial charge in [-0.1, -0.05) is 18.2 Å². The molecule has 3 heteroatoms. The van der Waals surface area contributed by atoms with E-state index < -0.39 is 0 Å². The van der Waals surface area contributed by atoms with E-state index in [1.807, 2.05) is 19.2 Å². The number of hydrogen-bond acceptors (Lipinski definition) is 2. The molecule has 0 aliphatic carbocycles. The Morgan fingerprint density at radius 2 is 1.88 bits per heavy atom. The Labute approximate surface area is 96.5 Å². The van der Waals surface area contributed by atoms with E-state index in [4.69, 9.17) is 0 Å². The standard InChI is InChI=1S/C13H19FN2/c1-15-13(7-9-16(2)10-8-13)11-5-3-4-6-12(11)14/h3-6,15H,7-10H2,1-2H3. The van der Waals surface area contributed by atoms with E-state index in [2.05, 4.69) is 17.3 Å². The van der Waals surface area contributed by atoms with Crippen LogP contribution in [0.15, 0.2) is 24.3 Å². The van der Waals surface area contributed by atoms with Crippen LogP contribution in [0.2, 0.25) is 0 Å². The second-order valence-corrected chi connectivity index (χ2v) is 4.62. The minimum Gasteiger partial charge on any atom is -0.310 e. The van der Waals surface area contributed by atoms with Crippen molar-refractivity contribution in [1.29, 1.82) is 0 Å². The van der Waals surface area contributed by atoms with E-state index in [9.17, 15) is 4.39 Å². The number of halogens is 1. The number of piperidine rings is 1. The molecule has 88 valence electrons. The van der Waals surface area contributed by atoms with Crippen molar-refractivity contribution in [3.8, 4) is 0 Å². The zero-order chi connectivity index (χ0) is 11.6. The highest BCUT2D eigenvalue weighted by molar-refractivity contribution is 5.27. The topological polar surface area (TPSA) is 15.3 Å². The van der Waals surface area contributed by atoms with Crippen LogP contribution in [0.1, 0.15) is 18.4 Å². The van der Waals surface area contributed by atoms with E-state index in [0.29, 0.717) is 0 Å². The fourth-order valence-corrected chi connectivity index (χ4v) is 2.50. The number of benzene rings is 1. The van der Waals surface area contributed by atoms with Crippen molar-refractivity contribution >= 4 is 0 Å². The smallest absolute Gasteiger partial charge is 0.128 e. The molecule has 1 heterocycles. The maximum atomic E-state index is 13.8. The summed E-state index contributed by atoms with van der Waals surface area (Å²) in [6.45, 7) is 2.02. The van der Waals surface area contributed by atoms with Gasteiger partial charge in [0, 0.05) is 11.1 Å². The van der Waals surface area contributed by atoms with Crippen molar-refractivity contribution < 1.29 is 4.39 Å². The van der Waals surface area contributed by atoms with Gasteiger partial charge < -0.3 is 10.2 Å². The average molecular weight is 222 g/mol. The van der Waals surface area contributed by atoms with Crippen molar-refractivity contribution in [2.24, 2.45) is 0 Å². The molecule has 0 aromatic heterocycles. The van der Waals surface area contributed by atoms with Crippen molar-refractivity contribution in [1.82, 2.24) is 10.2 Å². The first-order valence-electron chi connectivity index (χ1n) is 5.80. The lowest BCUT2D eigenvalue weighted by molar-refractivity contribution is 0.161. The van der Waals surface area contributed by atoms with Gasteiger partial charge in [0.05, 0.1) is 0 Å². The second-order valence-electron chi connectivity index (χ2n) is 4.62. The van der Waals surface area contributed by atoms with Gasteiger partial charge >= 0.3 is 0 Å². The van der Waals surface area contributed by atoms with Crippen LogP contribution in [-0.2, 0) is 5.54 Å². The van der Waals surface area contributed by atoms with Gasteiger partial charge in [0.2, 0.25) is 0 Å². The third-order valence-electron chi connectivity index (χ3n) is 3.71. The number of nitrogens with zero attached hydrogens (tertiary/aromatic N) is 1. The van der Waals surface area contributed by atoms with Gasteiger partial charge in [0.25, 0.3) is 0 Å². The number of nitrogens with one attached hydrogen (secondary N) is 1. The fourth-order valence-electron chi connectivity index (χ4n) is 2.50. The summed E-state index contributed by atoms with van der Waals surface area (Å²) in [6.07, 6.45) is 1.92. The molecule has 0 amide bonds. The summed E-state index contributed by atoms with van der Waals surface area (Å²) in [6, 6.07) is 7.11. The molecule has 1 aliphatic rings. The maximum Gasteiger partial charge on any atom is 0.128 e.